The van der Waals surface area contributed by atoms with E-state index in [0.29, 0.717) is 18.7 Å². The smallest absolute Gasteiger partial charge is 0.251 e. The molecule has 1 amide bonds. The Hall–Kier alpha value is -1.81. The standard InChI is InChI=1S/C15H20N2O2/c1-2-9-19-10-3-7-17-15(18)13-5-4-12-6-8-16-14(12)11-13/h4-6,8,11,16H,2-3,7,9-10H2,1H3,(H,17,18). The van der Waals surface area contributed by atoms with Crippen molar-refractivity contribution in [2.24, 2.45) is 0 Å². The second kappa shape index (κ2) is 6.95. The van der Waals surface area contributed by atoms with Crippen LogP contribution in [0, 0.1) is 0 Å². The van der Waals surface area contributed by atoms with Crippen molar-refractivity contribution in [2.45, 2.75) is 19.8 Å². The summed E-state index contributed by atoms with van der Waals surface area (Å²) < 4.78 is 5.36. The summed E-state index contributed by atoms with van der Waals surface area (Å²) in [7, 11) is 0. The highest BCUT2D eigenvalue weighted by molar-refractivity contribution is 5.97. The average Bonchev–Trinajstić information content (AvgIpc) is 2.89. The van der Waals surface area contributed by atoms with Crippen molar-refractivity contribution in [3.05, 3.63) is 36.0 Å². The van der Waals surface area contributed by atoms with Gasteiger partial charge in [0.1, 0.15) is 0 Å². The third kappa shape index (κ3) is 3.83. The molecule has 1 aromatic carbocycles. The maximum Gasteiger partial charge on any atom is 0.251 e. The van der Waals surface area contributed by atoms with E-state index < -0.39 is 0 Å². The van der Waals surface area contributed by atoms with E-state index in [2.05, 4.69) is 17.2 Å². The molecule has 4 nitrogen and oxygen atoms in total. The first kappa shape index (κ1) is 13.6. The van der Waals surface area contributed by atoms with Gasteiger partial charge in [-0.05, 0) is 36.4 Å². The van der Waals surface area contributed by atoms with Gasteiger partial charge in [0.25, 0.3) is 5.91 Å². The molecule has 2 rings (SSSR count). The van der Waals surface area contributed by atoms with Crippen LogP contribution in [0.25, 0.3) is 10.9 Å². The summed E-state index contributed by atoms with van der Waals surface area (Å²) in [6, 6.07) is 7.66. The highest BCUT2D eigenvalue weighted by Gasteiger charge is 2.05. The number of fused-ring (bicyclic) bond motifs is 1. The molecule has 0 radical (unpaired) electrons. The molecule has 0 saturated carbocycles. The molecular formula is C15H20N2O2. The summed E-state index contributed by atoms with van der Waals surface area (Å²) in [5.41, 5.74) is 1.67. The Labute approximate surface area is 113 Å². The fourth-order valence-electron chi connectivity index (χ4n) is 1.91. The van der Waals surface area contributed by atoms with Gasteiger partial charge in [-0.1, -0.05) is 13.0 Å². The summed E-state index contributed by atoms with van der Waals surface area (Å²) in [4.78, 5) is 15.0. The van der Waals surface area contributed by atoms with Crippen molar-refractivity contribution in [2.75, 3.05) is 19.8 Å². The Kier molecular flexibility index (Phi) is 4.98. The van der Waals surface area contributed by atoms with Gasteiger partial charge in [-0.25, -0.2) is 0 Å². The van der Waals surface area contributed by atoms with Crippen molar-refractivity contribution in [1.29, 1.82) is 0 Å². The summed E-state index contributed by atoms with van der Waals surface area (Å²) in [6.45, 7) is 4.21. The molecule has 0 fully saturated rings. The fourth-order valence-corrected chi connectivity index (χ4v) is 1.91. The van der Waals surface area contributed by atoms with E-state index in [0.717, 1.165) is 30.4 Å². The number of ether oxygens (including phenoxy) is 1. The summed E-state index contributed by atoms with van der Waals surface area (Å²) in [5, 5.41) is 4.02. The number of carbonyl (C=O) groups is 1. The number of H-pyrrole nitrogens is 1. The highest BCUT2D eigenvalue weighted by Crippen LogP contribution is 2.13. The van der Waals surface area contributed by atoms with Gasteiger partial charge in [0.15, 0.2) is 0 Å². The van der Waals surface area contributed by atoms with Crippen LogP contribution in [0.1, 0.15) is 30.1 Å². The van der Waals surface area contributed by atoms with Gasteiger partial charge in [0.2, 0.25) is 0 Å². The quantitative estimate of drug-likeness (QED) is 0.752. The zero-order valence-electron chi connectivity index (χ0n) is 11.2. The van der Waals surface area contributed by atoms with E-state index in [1.807, 2.05) is 30.5 Å². The lowest BCUT2D eigenvalue weighted by molar-refractivity contribution is 0.0941. The average molecular weight is 260 g/mol. The van der Waals surface area contributed by atoms with Gasteiger partial charge < -0.3 is 15.0 Å². The number of aromatic nitrogens is 1. The molecule has 0 saturated heterocycles. The molecule has 0 aliphatic carbocycles. The van der Waals surface area contributed by atoms with Crippen molar-refractivity contribution >= 4 is 16.8 Å². The molecule has 0 unspecified atom stereocenters. The molecule has 0 aliphatic rings. The van der Waals surface area contributed by atoms with Gasteiger partial charge in [0.05, 0.1) is 0 Å². The summed E-state index contributed by atoms with van der Waals surface area (Å²) in [5.74, 6) is -0.0352. The third-order valence-electron chi connectivity index (χ3n) is 2.92. The number of rotatable bonds is 7. The van der Waals surface area contributed by atoms with Crippen LogP contribution in [0.5, 0.6) is 0 Å². The molecule has 1 heterocycles. The van der Waals surface area contributed by atoms with E-state index in [1.54, 1.807) is 0 Å². The van der Waals surface area contributed by atoms with Crippen LogP contribution < -0.4 is 5.32 Å². The number of nitrogens with one attached hydrogen (secondary N) is 2. The van der Waals surface area contributed by atoms with Gasteiger partial charge in [-0.2, -0.15) is 0 Å². The molecule has 0 spiro atoms. The second-order valence-corrected chi connectivity index (χ2v) is 4.50. The predicted octanol–water partition coefficient (Wildman–Crippen LogP) is 2.71. The summed E-state index contributed by atoms with van der Waals surface area (Å²) >= 11 is 0. The number of aromatic amines is 1. The number of carbonyl (C=O) groups excluding carboxylic acids is 1. The second-order valence-electron chi connectivity index (χ2n) is 4.50. The molecule has 0 atom stereocenters. The minimum Gasteiger partial charge on any atom is -0.381 e. The van der Waals surface area contributed by atoms with Crippen molar-refractivity contribution in [1.82, 2.24) is 10.3 Å². The maximum atomic E-state index is 11.9. The molecule has 2 aromatic rings. The van der Waals surface area contributed by atoms with Gasteiger partial charge in [-0.15, -0.1) is 0 Å². The predicted molar refractivity (Wildman–Crippen MR) is 76.4 cm³/mol. The maximum absolute atomic E-state index is 11.9. The van der Waals surface area contributed by atoms with E-state index in [1.165, 1.54) is 0 Å². The van der Waals surface area contributed by atoms with Crippen LogP contribution in [0.3, 0.4) is 0 Å². The fraction of sp³-hybridized carbons (Fsp3) is 0.400. The first-order valence-corrected chi connectivity index (χ1v) is 6.74. The molecule has 4 heteroatoms. The SMILES string of the molecule is CCCOCCCNC(=O)c1ccc2cc[nH]c2c1. The van der Waals surface area contributed by atoms with Crippen LogP contribution in [-0.2, 0) is 4.74 Å². The van der Waals surface area contributed by atoms with E-state index in [9.17, 15) is 4.79 Å². The lowest BCUT2D eigenvalue weighted by Crippen LogP contribution is -2.25. The van der Waals surface area contributed by atoms with Crippen LogP contribution in [0.15, 0.2) is 30.5 Å². The van der Waals surface area contributed by atoms with Crippen LogP contribution in [0.4, 0.5) is 0 Å². The zero-order valence-corrected chi connectivity index (χ0v) is 11.2. The van der Waals surface area contributed by atoms with Gasteiger partial charge in [0, 0.05) is 37.0 Å². The minimum absolute atomic E-state index is 0.0352. The number of benzene rings is 1. The largest absolute Gasteiger partial charge is 0.381 e. The van der Waals surface area contributed by atoms with E-state index >= 15 is 0 Å². The van der Waals surface area contributed by atoms with Crippen molar-refractivity contribution in [3.8, 4) is 0 Å². The number of hydrogen-bond acceptors (Lipinski definition) is 2. The lowest BCUT2D eigenvalue weighted by Gasteiger charge is -2.06. The molecule has 19 heavy (non-hydrogen) atoms. The lowest BCUT2D eigenvalue weighted by atomic mass is 10.1. The number of amides is 1. The topological polar surface area (TPSA) is 54.1 Å². The normalized spacial score (nSPS) is 10.8. The first-order chi connectivity index (χ1) is 9.31. The molecule has 0 bridgehead atoms. The zero-order chi connectivity index (χ0) is 13.5. The summed E-state index contributed by atoms with van der Waals surface area (Å²) in [6.07, 6.45) is 3.75. The van der Waals surface area contributed by atoms with Crippen molar-refractivity contribution in [3.63, 3.8) is 0 Å². The molecule has 2 N–H and O–H groups in total. The molecule has 1 aromatic heterocycles. The highest BCUT2D eigenvalue weighted by atomic mass is 16.5. The van der Waals surface area contributed by atoms with Crippen LogP contribution >= 0.6 is 0 Å². The Bertz CT molecular complexity index is 534. The van der Waals surface area contributed by atoms with E-state index in [4.69, 9.17) is 4.74 Å². The molecular weight excluding hydrogens is 240 g/mol. The Morgan fingerprint density at radius 2 is 2.21 bits per heavy atom. The first-order valence-electron chi connectivity index (χ1n) is 6.74. The minimum atomic E-state index is -0.0352. The Balaban J connectivity index is 1.79. The van der Waals surface area contributed by atoms with Crippen molar-refractivity contribution < 1.29 is 9.53 Å². The Morgan fingerprint density at radius 1 is 1.32 bits per heavy atom. The van der Waals surface area contributed by atoms with E-state index in [-0.39, 0.29) is 5.91 Å². The monoisotopic (exact) mass is 260 g/mol. The van der Waals surface area contributed by atoms with Gasteiger partial charge >= 0.3 is 0 Å². The van der Waals surface area contributed by atoms with Crippen LogP contribution in [0.2, 0.25) is 0 Å². The molecule has 0 aliphatic heterocycles. The Morgan fingerprint density at radius 3 is 3.05 bits per heavy atom. The number of hydrogen-bond donors (Lipinski definition) is 2. The van der Waals surface area contributed by atoms with Gasteiger partial charge in [-0.3, -0.25) is 4.79 Å². The van der Waals surface area contributed by atoms with Crippen LogP contribution in [-0.4, -0.2) is 30.6 Å². The molecule has 102 valence electrons. The third-order valence-corrected chi connectivity index (χ3v) is 2.92.